The number of alkyl halides is 3. The fraction of sp³-hybridized carbons (Fsp3) is 0.429. The van der Waals surface area contributed by atoms with Crippen molar-refractivity contribution in [1.29, 1.82) is 0 Å². The predicted octanol–water partition coefficient (Wildman–Crippen LogP) is 1.79. The molecule has 11 heteroatoms. The quantitative estimate of drug-likeness (QED) is 0.395. The number of carbonyl (C=O) groups excluding carboxylic acids is 1. The summed E-state index contributed by atoms with van der Waals surface area (Å²) in [6.45, 7) is 1.80. The molecule has 2 rings (SSSR count). The molecule has 0 spiro atoms. The van der Waals surface area contributed by atoms with Crippen LogP contribution >= 0.6 is 24.0 Å². The smallest absolute Gasteiger partial charge is 0.406 e. The number of nitrogens with zero attached hydrogens (tertiary/aromatic N) is 2. The summed E-state index contributed by atoms with van der Waals surface area (Å²) in [4.78, 5) is 17.4. The van der Waals surface area contributed by atoms with Crippen LogP contribution < -0.4 is 15.8 Å². The van der Waals surface area contributed by atoms with Crippen molar-refractivity contribution in [3.05, 3.63) is 24.3 Å². The molecular formula is C14H18F3IN4O3. The predicted molar refractivity (Wildman–Crippen MR) is 96.1 cm³/mol. The minimum atomic E-state index is -4.77. The van der Waals surface area contributed by atoms with E-state index >= 15 is 0 Å². The van der Waals surface area contributed by atoms with Crippen molar-refractivity contribution in [2.75, 3.05) is 38.2 Å². The van der Waals surface area contributed by atoms with E-state index in [1.54, 1.807) is 4.90 Å². The molecule has 25 heavy (non-hydrogen) atoms. The summed E-state index contributed by atoms with van der Waals surface area (Å²) in [5, 5.41) is 2.61. The number of halogens is 4. The van der Waals surface area contributed by atoms with E-state index in [0.717, 1.165) is 12.1 Å². The van der Waals surface area contributed by atoms with Gasteiger partial charge in [-0.2, -0.15) is 0 Å². The Bertz CT molecular complexity index is 607. The van der Waals surface area contributed by atoms with Crippen molar-refractivity contribution in [2.24, 2.45) is 10.7 Å². The highest BCUT2D eigenvalue weighted by molar-refractivity contribution is 14.0. The van der Waals surface area contributed by atoms with Gasteiger partial charge in [-0.3, -0.25) is 4.79 Å². The zero-order valence-electron chi connectivity index (χ0n) is 13.1. The van der Waals surface area contributed by atoms with E-state index in [4.69, 9.17) is 10.5 Å². The first-order valence-corrected chi connectivity index (χ1v) is 7.12. The first-order valence-electron chi connectivity index (χ1n) is 7.12. The number of ether oxygens (including phenoxy) is 2. The van der Waals surface area contributed by atoms with Crippen molar-refractivity contribution < 1.29 is 27.4 Å². The number of nitrogens with two attached hydrogens (primary N) is 1. The molecule has 1 fully saturated rings. The third-order valence-corrected chi connectivity index (χ3v) is 3.09. The van der Waals surface area contributed by atoms with Crippen molar-refractivity contribution in [3.63, 3.8) is 0 Å². The van der Waals surface area contributed by atoms with Crippen molar-refractivity contribution in [1.82, 2.24) is 4.90 Å². The second kappa shape index (κ2) is 9.65. The van der Waals surface area contributed by atoms with E-state index in [9.17, 15) is 18.0 Å². The lowest BCUT2D eigenvalue weighted by Gasteiger charge is -2.26. The second-order valence-corrected chi connectivity index (χ2v) is 4.90. The average molecular weight is 474 g/mol. The fourth-order valence-electron chi connectivity index (χ4n) is 2.02. The third-order valence-electron chi connectivity index (χ3n) is 3.09. The van der Waals surface area contributed by atoms with Crippen molar-refractivity contribution in [3.8, 4) is 5.75 Å². The van der Waals surface area contributed by atoms with Crippen LogP contribution in [0.4, 0.5) is 18.9 Å². The normalized spacial score (nSPS) is 15.3. The molecule has 1 aliphatic rings. The van der Waals surface area contributed by atoms with Gasteiger partial charge in [-0.15, -0.1) is 37.1 Å². The van der Waals surface area contributed by atoms with Gasteiger partial charge in [-0.05, 0) is 12.1 Å². The monoisotopic (exact) mass is 474 g/mol. The van der Waals surface area contributed by atoms with Gasteiger partial charge in [0.15, 0.2) is 5.96 Å². The number of amides is 1. The van der Waals surface area contributed by atoms with Gasteiger partial charge in [0.1, 0.15) is 12.3 Å². The number of hydrogen-bond acceptors (Lipinski definition) is 4. The molecule has 1 saturated heterocycles. The summed E-state index contributed by atoms with van der Waals surface area (Å²) in [5.41, 5.74) is 5.90. The fourth-order valence-corrected chi connectivity index (χ4v) is 2.02. The molecule has 0 unspecified atom stereocenters. The zero-order valence-corrected chi connectivity index (χ0v) is 15.4. The largest absolute Gasteiger partial charge is 0.573 e. The number of hydrogen-bond donors (Lipinski definition) is 2. The molecule has 3 N–H and O–H groups in total. The highest BCUT2D eigenvalue weighted by Crippen LogP contribution is 2.24. The van der Waals surface area contributed by atoms with Gasteiger partial charge < -0.3 is 25.4 Å². The molecule has 1 aliphatic heterocycles. The highest BCUT2D eigenvalue weighted by atomic mass is 127. The Labute approximate surface area is 159 Å². The number of guanidine groups is 1. The molecule has 140 valence electrons. The molecule has 0 atom stereocenters. The van der Waals surface area contributed by atoms with Crippen LogP contribution in [0.25, 0.3) is 0 Å². The Morgan fingerprint density at radius 2 is 2.04 bits per heavy atom. The summed E-state index contributed by atoms with van der Waals surface area (Å²) in [7, 11) is 0. The van der Waals surface area contributed by atoms with Gasteiger partial charge >= 0.3 is 6.36 Å². The third kappa shape index (κ3) is 7.77. The topological polar surface area (TPSA) is 89.2 Å². The van der Waals surface area contributed by atoms with Gasteiger partial charge in [-0.25, -0.2) is 4.99 Å². The number of morpholine rings is 1. The lowest BCUT2D eigenvalue weighted by atomic mass is 10.3. The first kappa shape index (κ1) is 21.3. The molecule has 0 saturated carbocycles. The Hall–Kier alpha value is -1.76. The van der Waals surface area contributed by atoms with Gasteiger partial charge in [0.25, 0.3) is 0 Å². The summed E-state index contributed by atoms with van der Waals surface area (Å²) in [6.07, 6.45) is -4.77. The van der Waals surface area contributed by atoms with Crippen LogP contribution in [0.2, 0.25) is 0 Å². The first-order chi connectivity index (χ1) is 11.3. The maximum Gasteiger partial charge on any atom is 0.573 e. The minimum absolute atomic E-state index is 0. The number of rotatable bonds is 4. The summed E-state index contributed by atoms with van der Waals surface area (Å²) < 4.78 is 45.5. The van der Waals surface area contributed by atoms with Gasteiger partial charge in [0, 0.05) is 24.8 Å². The second-order valence-electron chi connectivity index (χ2n) is 4.90. The lowest BCUT2D eigenvalue weighted by molar-refractivity contribution is -0.274. The van der Waals surface area contributed by atoms with Gasteiger partial charge in [0.05, 0.1) is 13.2 Å². The van der Waals surface area contributed by atoms with E-state index in [0.29, 0.717) is 26.3 Å². The van der Waals surface area contributed by atoms with Crippen LogP contribution in [-0.2, 0) is 9.53 Å². The SMILES string of the molecule is I.NC(=NCC(=O)N1CCOCC1)Nc1cccc(OC(F)(F)F)c1. The number of benzene rings is 1. The molecule has 0 aliphatic carbocycles. The van der Waals surface area contributed by atoms with Crippen molar-refractivity contribution >= 4 is 41.5 Å². The molecule has 1 amide bonds. The van der Waals surface area contributed by atoms with E-state index in [-0.39, 0.29) is 53.8 Å². The average Bonchev–Trinajstić information content (AvgIpc) is 2.52. The standard InChI is InChI=1S/C14H17F3N4O3.HI/c15-14(16,17)24-11-3-1-2-10(8-11)20-13(18)19-9-12(22)21-4-6-23-7-5-21;/h1-3,8H,4-7,9H2,(H3,18,19,20);1H. The summed E-state index contributed by atoms with van der Waals surface area (Å²) in [5.74, 6) is -0.664. The van der Waals surface area contributed by atoms with E-state index in [2.05, 4.69) is 15.0 Å². The van der Waals surface area contributed by atoms with Crippen LogP contribution in [0.15, 0.2) is 29.3 Å². The molecule has 0 aromatic heterocycles. The lowest BCUT2D eigenvalue weighted by Crippen LogP contribution is -2.42. The van der Waals surface area contributed by atoms with Crippen LogP contribution in [-0.4, -0.2) is 56.0 Å². The number of aliphatic imine (C=N–C) groups is 1. The Balaban J connectivity index is 0.00000312. The van der Waals surface area contributed by atoms with Crippen LogP contribution in [0.3, 0.4) is 0 Å². The van der Waals surface area contributed by atoms with Gasteiger partial charge in [0.2, 0.25) is 5.91 Å². The van der Waals surface area contributed by atoms with Crippen LogP contribution in [0, 0.1) is 0 Å². The van der Waals surface area contributed by atoms with E-state index < -0.39 is 6.36 Å². The molecular weight excluding hydrogens is 456 g/mol. The number of carbonyl (C=O) groups is 1. The van der Waals surface area contributed by atoms with Gasteiger partial charge in [-0.1, -0.05) is 6.07 Å². The van der Waals surface area contributed by atoms with E-state index in [1.807, 2.05) is 0 Å². The van der Waals surface area contributed by atoms with Crippen LogP contribution in [0.5, 0.6) is 5.75 Å². The molecule has 0 radical (unpaired) electrons. The molecule has 0 bridgehead atoms. The Morgan fingerprint density at radius 1 is 1.36 bits per heavy atom. The molecule has 1 aromatic rings. The Kier molecular flexibility index (Phi) is 8.22. The summed E-state index contributed by atoms with van der Waals surface area (Å²) >= 11 is 0. The van der Waals surface area contributed by atoms with E-state index in [1.165, 1.54) is 12.1 Å². The maximum atomic E-state index is 12.2. The number of nitrogens with one attached hydrogen (secondary N) is 1. The molecule has 7 nitrogen and oxygen atoms in total. The maximum absolute atomic E-state index is 12.2. The molecule has 1 heterocycles. The molecule has 1 aromatic carbocycles. The van der Waals surface area contributed by atoms with Crippen molar-refractivity contribution in [2.45, 2.75) is 6.36 Å². The van der Waals surface area contributed by atoms with Crippen LogP contribution in [0.1, 0.15) is 0 Å². The summed E-state index contributed by atoms with van der Waals surface area (Å²) in [6, 6.07) is 5.15. The Morgan fingerprint density at radius 3 is 2.68 bits per heavy atom. The zero-order chi connectivity index (χ0) is 17.6. The highest BCUT2D eigenvalue weighted by Gasteiger charge is 2.31. The number of anilines is 1. The minimum Gasteiger partial charge on any atom is -0.406 e.